The zero-order valence-corrected chi connectivity index (χ0v) is 15.4. The monoisotopic (exact) mass is 360 g/mol. The maximum absolute atomic E-state index is 12.8. The second kappa shape index (κ2) is 6.84. The lowest BCUT2D eigenvalue weighted by Crippen LogP contribution is -2.56. The molecule has 3 unspecified atom stereocenters. The van der Waals surface area contributed by atoms with E-state index in [2.05, 4.69) is 39.1 Å². The van der Waals surface area contributed by atoms with Crippen LogP contribution in [0.4, 0.5) is 5.82 Å². The van der Waals surface area contributed by atoms with E-state index in [0.717, 1.165) is 48.0 Å². The summed E-state index contributed by atoms with van der Waals surface area (Å²) < 4.78 is 0. The third-order valence-corrected chi connectivity index (χ3v) is 6.35. The molecular weight excluding hydrogens is 336 g/mol. The van der Waals surface area contributed by atoms with Crippen LogP contribution < -0.4 is 10.2 Å². The fraction of sp³-hybridized carbons (Fsp3) is 0.588. The van der Waals surface area contributed by atoms with Crippen molar-refractivity contribution in [3.8, 4) is 0 Å². The van der Waals surface area contributed by atoms with Crippen molar-refractivity contribution in [3.63, 3.8) is 0 Å². The number of hydrogen-bond donors (Lipinski definition) is 2. The first kappa shape index (κ1) is 16.7. The van der Waals surface area contributed by atoms with Gasteiger partial charge in [0.1, 0.15) is 17.8 Å². The first-order valence-corrected chi connectivity index (χ1v) is 9.91. The minimum atomic E-state index is -0.0280. The predicted molar refractivity (Wildman–Crippen MR) is 101 cm³/mol. The van der Waals surface area contributed by atoms with Gasteiger partial charge < -0.3 is 14.8 Å². The fourth-order valence-electron chi connectivity index (χ4n) is 3.82. The van der Waals surface area contributed by atoms with Crippen LogP contribution in [-0.2, 0) is 4.79 Å². The molecule has 4 heterocycles. The molecule has 0 saturated carbocycles. The van der Waals surface area contributed by atoms with E-state index in [4.69, 9.17) is 0 Å². The number of fused-ring (bicyclic) bond motifs is 1. The SMILES string of the molecule is CC1CCN(C(=O)C2CSCN2)CC1N(C)c1ncnc2[nH]ccc12. The highest BCUT2D eigenvalue weighted by molar-refractivity contribution is 7.99. The van der Waals surface area contributed by atoms with E-state index in [9.17, 15) is 4.79 Å². The summed E-state index contributed by atoms with van der Waals surface area (Å²) in [6.07, 6.45) is 4.50. The average Bonchev–Trinajstić information content (AvgIpc) is 3.32. The van der Waals surface area contributed by atoms with Gasteiger partial charge in [-0.1, -0.05) is 6.92 Å². The van der Waals surface area contributed by atoms with Crippen LogP contribution in [0.5, 0.6) is 0 Å². The van der Waals surface area contributed by atoms with Crippen LogP contribution in [0.3, 0.4) is 0 Å². The van der Waals surface area contributed by atoms with Crippen molar-refractivity contribution in [3.05, 3.63) is 18.6 Å². The lowest BCUT2D eigenvalue weighted by Gasteiger charge is -2.42. The van der Waals surface area contributed by atoms with Gasteiger partial charge in [-0.25, -0.2) is 9.97 Å². The molecule has 0 spiro atoms. The van der Waals surface area contributed by atoms with Gasteiger partial charge in [0, 0.05) is 38.0 Å². The first-order valence-electron chi connectivity index (χ1n) is 8.76. The Bertz CT molecular complexity index is 758. The van der Waals surface area contributed by atoms with Gasteiger partial charge in [0.15, 0.2) is 0 Å². The number of carbonyl (C=O) groups is 1. The largest absolute Gasteiger partial charge is 0.354 e. The molecule has 2 aliphatic heterocycles. The van der Waals surface area contributed by atoms with Gasteiger partial charge in [0.2, 0.25) is 5.91 Å². The van der Waals surface area contributed by atoms with Gasteiger partial charge in [-0.3, -0.25) is 10.1 Å². The summed E-state index contributed by atoms with van der Waals surface area (Å²) in [6.45, 7) is 3.86. The van der Waals surface area contributed by atoms with Crippen LogP contribution in [0.15, 0.2) is 18.6 Å². The molecule has 0 aromatic carbocycles. The highest BCUT2D eigenvalue weighted by Crippen LogP contribution is 2.29. The number of aromatic nitrogens is 3. The second-order valence-electron chi connectivity index (χ2n) is 6.94. The summed E-state index contributed by atoms with van der Waals surface area (Å²) in [7, 11) is 2.08. The molecule has 134 valence electrons. The van der Waals surface area contributed by atoms with Crippen molar-refractivity contribution in [1.29, 1.82) is 0 Å². The molecule has 2 aromatic rings. The molecule has 0 aliphatic carbocycles. The molecule has 1 amide bonds. The Balaban J connectivity index is 1.55. The summed E-state index contributed by atoms with van der Waals surface area (Å²) in [4.78, 5) is 29.0. The van der Waals surface area contributed by atoms with Gasteiger partial charge in [0.05, 0.1) is 17.5 Å². The summed E-state index contributed by atoms with van der Waals surface area (Å²) in [5.74, 6) is 3.41. The number of H-pyrrole nitrogens is 1. The number of carbonyl (C=O) groups excluding carboxylic acids is 1. The minimum absolute atomic E-state index is 0.0280. The normalized spacial score (nSPS) is 27.0. The van der Waals surface area contributed by atoms with Crippen molar-refractivity contribution in [2.45, 2.75) is 25.4 Å². The zero-order valence-electron chi connectivity index (χ0n) is 14.6. The second-order valence-corrected chi connectivity index (χ2v) is 7.97. The Kier molecular flexibility index (Phi) is 4.56. The maximum Gasteiger partial charge on any atom is 0.240 e. The van der Waals surface area contributed by atoms with Gasteiger partial charge in [-0.15, -0.1) is 11.8 Å². The Hall–Kier alpha value is -1.80. The molecule has 0 radical (unpaired) electrons. The Morgan fingerprint density at radius 3 is 3.12 bits per heavy atom. The number of nitrogens with zero attached hydrogens (tertiary/aromatic N) is 4. The van der Waals surface area contributed by atoms with E-state index in [1.54, 1.807) is 18.1 Å². The number of nitrogens with one attached hydrogen (secondary N) is 2. The number of thioether (sulfide) groups is 1. The Labute approximate surface area is 151 Å². The average molecular weight is 360 g/mol. The molecule has 2 fully saturated rings. The predicted octanol–water partition coefficient (Wildman–Crippen LogP) is 1.29. The van der Waals surface area contributed by atoms with E-state index >= 15 is 0 Å². The maximum atomic E-state index is 12.8. The highest BCUT2D eigenvalue weighted by Gasteiger charge is 2.35. The van der Waals surface area contributed by atoms with Gasteiger partial charge >= 0.3 is 0 Å². The molecule has 25 heavy (non-hydrogen) atoms. The van der Waals surface area contributed by atoms with Crippen molar-refractivity contribution in [2.24, 2.45) is 5.92 Å². The van der Waals surface area contributed by atoms with Crippen LogP contribution in [-0.4, -0.2) is 69.6 Å². The van der Waals surface area contributed by atoms with Crippen molar-refractivity contribution in [2.75, 3.05) is 36.7 Å². The molecular formula is C17H24N6OS. The molecule has 0 bridgehead atoms. The number of anilines is 1. The molecule has 7 nitrogen and oxygen atoms in total. The lowest BCUT2D eigenvalue weighted by atomic mass is 9.92. The summed E-state index contributed by atoms with van der Waals surface area (Å²) >= 11 is 1.79. The van der Waals surface area contributed by atoms with E-state index in [0.29, 0.717) is 5.92 Å². The van der Waals surface area contributed by atoms with Gasteiger partial charge in [-0.2, -0.15) is 0 Å². The lowest BCUT2D eigenvalue weighted by molar-refractivity contribution is -0.134. The first-order chi connectivity index (χ1) is 12.1. The molecule has 2 aromatic heterocycles. The summed E-state index contributed by atoms with van der Waals surface area (Å²) in [6, 6.07) is 2.23. The van der Waals surface area contributed by atoms with E-state index < -0.39 is 0 Å². The standard InChI is InChI=1S/C17H24N6OS/c1-11-4-6-23(17(24)13-8-25-10-21-13)7-14(11)22(2)16-12-3-5-18-15(12)19-9-20-16/h3,5,9,11,13-14,21H,4,6-8,10H2,1-2H3,(H,18,19,20). The van der Waals surface area contributed by atoms with Crippen LogP contribution in [0, 0.1) is 5.92 Å². The van der Waals surface area contributed by atoms with Crippen LogP contribution in [0.1, 0.15) is 13.3 Å². The zero-order chi connectivity index (χ0) is 17.4. The molecule has 2 saturated heterocycles. The van der Waals surface area contributed by atoms with Crippen LogP contribution in [0.2, 0.25) is 0 Å². The minimum Gasteiger partial charge on any atom is -0.354 e. The molecule has 4 rings (SSSR count). The number of piperidine rings is 1. The number of hydrogen-bond acceptors (Lipinski definition) is 6. The Morgan fingerprint density at radius 1 is 1.44 bits per heavy atom. The Morgan fingerprint density at radius 2 is 2.32 bits per heavy atom. The highest BCUT2D eigenvalue weighted by atomic mass is 32.2. The van der Waals surface area contributed by atoms with Crippen LogP contribution >= 0.6 is 11.8 Å². The van der Waals surface area contributed by atoms with Gasteiger partial charge in [0.25, 0.3) is 0 Å². The number of amides is 1. The van der Waals surface area contributed by atoms with E-state index in [-0.39, 0.29) is 18.0 Å². The summed E-state index contributed by atoms with van der Waals surface area (Å²) in [5, 5.41) is 4.32. The number of aromatic amines is 1. The third kappa shape index (κ3) is 3.08. The molecule has 2 aliphatic rings. The summed E-state index contributed by atoms with van der Waals surface area (Å²) in [5.41, 5.74) is 0.848. The van der Waals surface area contributed by atoms with Crippen molar-refractivity contribution >= 4 is 34.5 Å². The quantitative estimate of drug-likeness (QED) is 0.859. The molecule has 8 heteroatoms. The van der Waals surface area contributed by atoms with Crippen molar-refractivity contribution in [1.82, 2.24) is 25.2 Å². The van der Waals surface area contributed by atoms with Crippen LogP contribution in [0.25, 0.3) is 11.0 Å². The number of rotatable bonds is 3. The third-order valence-electron chi connectivity index (χ3n) is 5.41. The van der Waals surface area contributed by atoms with Gasteiger partial charge in [-0.05, 0) is 18.4 Å². The molecule has 3 atom stereocenters. The smallest absolute Gasteiger partial charge is 0.240 e. The van der Waals surface area contributed by atoms with E-state index in [1.165, 1.54) is 0 Å². The van der Waals surface area contributed by atoms with Crippen molar-refractivity contribution < 1.29 is 4.79 Å². The molecule has 2 N–H and O–H groups in total. The fourth-order valence-corrected chi connectivity index (χ4v) is 4.76. The number of likely N-dealkylation sites (N-methyl/N-ethyl adjacent to an activating group) is 1. The number of likely N-dealkylation sites (tertiary alicyclic amines) is 1. The topological polar surface area (TPSA) is 77.2 Å². The van der Waals surface area contributed by atoms with E-state index in [1.807, 2.05) is 17.2 Å².